The summed E-state index contributed by atoms with van der Waals surface area (Å²) in [4.78, 5) is 11.0. The first kappa shape index (κ1) is 20.2. The van der Waals surface area contributed by atoms with Gasteiger partial charge in [0.15, 0.2) is 0 Å². The van der Waals surface area contributed by atoms with Crippen LogP contribution < -0.4 is 0 Å². The summed E-state index contributed by atoms with van der Waals surface area (Å²) >= 11 is 0. The van der Waals surface area contributed by atoms with Gasteiger partial charge in [-0.25, -0.2) is 0 Å². The number of hydrogen-bond acceptors (Lipinski definition) is 3. The molecule has 3 nitrogen and oxygen atoms in total. The van der Waals surface area contributed by atoms with E-state index in [1.54, 1.807) is 6.07 Å². The van der Waals surface area contributed by atoms with Gasteiger partial charge in [-0.2, -0.15) is 5.26 Å². The fourth-order valence-corrected chi connectivity index (χ4v) is 1.93. The normalized spacial score (nSPS) is 11.8. The van der Waals surface area contributed by atoms with E-state index in [2.05, 4.69) is 45.9 Å². The first-order valence-corrected chi connectivity index (χ1v) is 7.93. The monoisotopic (exact) mass is 303 g/mol. The van der Waals surface area contributed by atoms with Crippen LogP contribution in [0, 0.1) is 11.3 Å². The van der Waals surface area contributed by atoms with Gasteiger partial charge < -0.3 is 4.74 Å². The van der Waals surface area contributed by atoms with Gasteiger partial charge in [-0.1, -0.05) is 34.9 Å². The van der Waals surface area contributed by atoms with Gasteiger partial charge in [0.05, 0.1) is 12.7 Å². The van der Waals surface area contributed by atoms with Crippen LogP contribution in [-0.4, -0.2) is 12.6 Å². The van der Waals surface area contributed by atoms with Gasteiger partial charge in [0.1, 0.15) is 6.42 Å². The van der Waals surface area contributed by atoms with Gasteiger partial charge in [-0.3, -0.25) is 4.79 Å². The minimum atomic E-state index is -0.441. The van der Waals surface area contributed by atoms with E-state index in [0.717, 1.165) is 25.7 Å². The molecule has 3 heteroatoms. The maximum Gasteiger partial charge on any atom is 0.320 e. The molecule has 0 aromatic heterocycles. The maximum atomic E-state index is 11.0. The fourth-order valence-electron chi connectivity index (χ4n) is 1.93. The van der Waals surface area contributed by atoms with Crippen LogP contribution in [0.15, 0.2) is 34.9 Å². The summed E-state index contributed by atoms with van der Waals surface area (Å²) in [5, 5.41) is 8.33. The minimum absolute atomic E-state index is 0.167. The molecule has 0 radical (unpaired) electrons. The topological polar surface area (TPSA) is 50.1 Å². The van der Waals surface area contributed by atoms with E-state index < -0.39 is 5.97 Å². The summed E-state index contributed by atoms with van der Waals surface area (Å²) in [6.45, 7) is 8.90. The number of hydrogen-bond donors (Lipinski definition) is 0. The van der Waals surface area contributed by atoms with Crippen molar-refractivity contribution in [3.63, 3.8) is 0 Å². The zero-order valence-corrected chi connectivity index (χ0v) is 14.4. The Hall–Kier alpha value is -1.82. The molecule has 0 aliphatic rings. The predicted octanol–water partition coefficient (Wildman–Crippen LogP) is 5.25. The Balaban J connectivity index is 3.85. The molecule has 0 fully saturated rings. The summed E-state index contributed by atoms with van der Waals surface area (Å²) in [7, 11) is 0. The molecule has 0 saturated heterocycles. The molecule has 122 valence electrons. The number of rotatable bonds is 10. The van der Waals surface area contributed by atoms with E-state index in [1.165, 1.54) is 16.7 Å². The number of nitriles is 1. The summed E-state index contributed by atoms with van der Waals surface area (Å²) in [6, 6.07) is 1.78. The molecule has 0 aromatic rings. The molecule has 0 heterocycles. The van der Waals surface area contributed by atoms with Crippen molar-refractivity contribution in [1.82, 2.24) is 0 Å². The van der Waals surface area contributed by atoms with Crippen LogP contribution in [0.4, 0.5) is 0 Å². The molecule has 0 aliphatic carbocycles. The molecule has 22 heavy (non-hydrogen) atoms. The summed E-state index contributed by atoms with van der Waals surface area (Å²) in [5.41, 5.74) is 4.13. The van der Waals surface area contributed by atoms with Crippen molar-refractivity contribution in [2.75, 3.05) is 6.61 Å². The van der Waals surface area contributed by atoms with Crippen molar-refractivity contribution >= 4 is 5.97 Å². The molecule has 0 aliphatic heterocycles. The smallest absolute Gasteiger partial charge is 0.320 e. The van der Waals surface area contributed by atoms with Gasteiger partial charge in [0.25, 0.3) is 0 Å². The van der Waals surface area contributed by atoms with Gasteiger partial charge in [-0.05, 0) is 59.8 Å². The van der Waals surface area contributed by atoms with Crippen LogP contribution in [0.25, 0.3) is 0 Å². The molecular formula is C19H29NO2. The third-order valence-corrected chi connectivity index (χ3v) is 3.22. The van der Waals surface area contributed by atoms with Crippen LogP contribution in [0.3, 0.4) is 0 Å². The van der Waals surface area contributed by atoms with Gasteiger partial charge in [-0.15, -0.1) is 0 Å². The van der Waals surface area contributed by atoms with Crippen molar-refractivity contribution < 1.29 is 9.53 Å². The third-order valence-electron chi connectivity index (χ3n) is 3.22. The first-order valence-electron chi connectivity index (χ1n) is 7.93. The van der Waals surface area contributed by atoms with E-state index in [-0.39, 0.29) is 6.42 Å². The Bertz CT molecular complexity index is 460. The lowest BCUT2D eigenvalue weighted by Gasteiger charge is -2.02. The highest BCUT2D eigenvalue weighted by molar-refractivity contribution is 5.71. The van der Waals surface area contributed by atoms with E-state index in [9.17, 15) is 4.79 Å². The van der Waals surface area contributed by atoms with Crippen LogP contribution in [0.2, 0.25) is 0 Å². The van der Waals surface area contributed by atoms with Crippen LogP contribution in [-0.2, 0) is 9.53 Å². The summed E-state index contributed by atoms with van der Waals surface area (Å²) in [6.07, 6.45) is 11.6. The Kier molecular flexibility index (Phi) is 11.8. The second kappa shape index (κ2) is 12.9. The average molecular weight is 303 g/mol. The van der Waals surface area contributed by atoms with E-state index in [1.807, 2.05) is 0 Å². The van der Waals surface area contributed by atoms with Crippen molar-refractivity contribution in [2.45, 2.75) is 66.2 Å². The Labute approximate surface area is 135 Å². The zero-order valence-electron chi connectivity index (χ0n) is 14.4. The molecule has 0 atom stereocenters. The number of allylic oxidation sites excluding steroid dienone is 5. The SMILES string of the molecule is CC(C)=CCC/C(C)=C/CCC(C)=CCCOC(=O)CC#N. The lowest BCUT2D eigenvalue weighted by atomic mass is 10.1. The van der Waals surface area contributed by atoms with Crippen molar-refractivity contribution in [3.8, 4) is 6.07 Å². The highest BCUT2D eigenvalue weighted by Gasteiger charge is 1.99. The molecule has 0 saturated carbocycles. The lowest BCUT2D eigenvalue weighted by Crippen LogP contribution is -2.03. The largest absolute Gasteiger partial charge is 0.465 e. The number of carbonyl (C=O) groups is 1. The highest BCUT2D eigenvalue weighted by atomic mass is 16.5. The zero-order chi connectivity index (χ0) is 16.8. The van der Waals surface area contributed by atoms with Gasteiger partial charge >= 0.3 is 5.97 Å². The van der Waals surface area contributed by atoms with Gasteiger partial charge in [0.2, 0.25) is 0 Å². The average Bonchev–Trinajstić information content (AvgIpc) is 2.43. The van der Waals surface area contributed by atoms with Crippen molar-refractivity contribution in [3.05, 3.63) is 34.9 Å². The van der Waals surface area contributed by atoms with Gasteiger partial charge in [0, 0.05) is 0 Å². The molecular weight excluding hydrogens is 274 g/mol. The number of esters is 1. The van der Waals surface area contributed by atoms with Crippen LogP contribution >= 0.6 is 0 Å². The molecule has 0 aromatic carbocycles. The van der Waals surface area contributed by atoms with Crippen molar-refractivity contribution in [2.24, 2.45) is 0 Å². The molecule has 0 bridgehead atoms. The number of carbonyl (C=O) groups excluding carboxylic acids is 1. The first-order chi connectivity index (χ1) is 10.5. The maximum absolute atomic E-state index is 11.0. The molecule has 0 N–H and O–H groups in total. The van der Waals surface area contributed by atoms with Crippen LogP contribution in [0.1, 0.15) is 66.2 Å². The fraction of sp³-hybridized carbons (Fsp3) is 0.579. The second-order valence-electron chi connectivity index (χ2n) is 5.80. The molecule has 0 spiro atoms. The number of ether oxygens (including phenoxy) is 1. The van der Waals surface area contributed by atoms with E-state index >= 15 is 0 Å². The summed E-state index contributed by atoms with van der Waals surface area (Å²) in [5.74, 6) is -0.441. The quantitative estimate of drug-likeness (QED) is 0.314. The molecule has 0 unspecified atom stereocenters. The standard InChI is InChI=1S/C19H29NO2/c1-16(2)8-5-9-17(3)10-6-11-18(4)12-7-15-22-19(21)13-14-20/h8,10,12H,5-7,9,11,13,15H2,1-4H3/b17-10+,18-12?. The van der Waals surface area contributed by atoms with Crippen LogP contribution in [0.5, 0.6) is 0 Å². The summed E-state index contributed by atoms with van der Waals surface area (Å²) < 4.78 is 4.92. The third kappa shape index (κ3) is 13.2. The minimum Gasteiger partial charge on any atom is -0.465 e. The molecule has 0 rings (SSSR count). The second-order valence-corrected chi connectivity index (χ2v) is 5.80. The Morgan fingerprint density at radius 3 is 2.05 bits per heavy atom. The number of nitrogens with zero attached hydrogens (tertiary/aromatic N) is 1. The van der Waals surface area contributed by atoms with Crippen molar-refractivity contribution in [1.29, 1.82) is 5.26 Å². The predicted molar refractivity (Wildman–Crippen MR) is 91.2 cm³/mol. The molecule has 0 amide bonds. The van der Waals surface area contributed by atoms with E-state index in [0.29, 0.717) is 13.0 Å². The lowest BCUT2D eigenvalue weighted by molar-refractivity contribution is -0.142. The highest BCUT2D eigenvalue weighted by Crippen LogP contribution is 2.11. The Morgan fingerprint density at radius 2 is 1.50 bits per heavy atom. The van der Waals surface area contributed by atoms with E-state index in [4.69, 9.17) is 10.00 Å². The Morgan fingerprint density at radius 1 is 0.955 bits per heavy atom.